The van der Waals surface area contributed by atoms with E-state index in [2.05, 4.69) is 18.8 Å². The number of pyridine rings is 1. The molecule has 0 fully saturated rings. The lowest BCUT2D eigenvalue weighted by atomic mass is 9.90. The third-order valence-electron chi connectivity index (χ3n) is 5.20. The minimum absolute atomic E-state index is 0.159. The molecule has 4 rings (SSSR count). The number of carbonyl (C=O) groups excluding carboxylic acids is 1. The standard InChI is InChI=1S/C23H25NO4/c1-15(25)26-14-4-5-18-21-17-8-11-23(2,3)28-19(17)6-7-20(21)27-22(18)16-9-12-24-13-10-16/h6-7,9-10,12-13H,4-5,8,11,14H2,1-3H3. The smallest absolute Gasteiger partial charge is 0.302 e. The zero-order chi connectivity index (χ0) is 19.7. The monoisotopic (exact) mass is 379 g/mol. The fourth-order valence-corrected chi connectivity index (χ4v) is 3.87. The summed E-state index contributed by atoms with van der Waals surface area (Å²) in [7, 11) is 0. The van der Waals surface area contributed by atoms with Crippen LogP contribution < -0.4 is 4.74 Å². The second-order valence-corrected chi connectivity index (χ2v) is 7.87. The molecule has 3 heterocycles. The number of benzene rings is 1. The fourth-order valence-electron chi connectivity index (χ4n) is 3.87. The van der Waals surface area contributed by atoms with E-state index in [0.717, 1.165) is 59.3 Å². The molecule has 2 aromatic heterocycles. The number of nitrogens with zero attached hydrogens (tertiary/aromatic N) is 1. The van der Waals surface area contributed by atoms with Crippen molar-refractivity contribution in [1.82, 2.24) is 4.98 Å². The molecule has 0 unspecified atom stereocenters. The molecular weight excluding hydrogens is 354 g/mol. The van der Waals surface area contributed by atoms with Gasteiger partial charge in [-0.2, -0.15) is 0 Å². The largest absolute Gasteiger partial charge is 0.488 e. The van der Waals surface area contributed by atoms with E-state index >= 15 is 0 Å². The lowest BCUT2D eigenvalue weighted by Crippen LogP contribution is -2.32. The highest BCUT2D eigenvalue weighted by atomic mass is 16.5. The Balaban J connectivity index is 1.80. The highest BCUT2D eigenvalue weighted by molar-refractivity contribution is 5.92. The summed E-state index contributed by atoms with van der Waals surface area (Å²) in [4.78, 5) is 15.2. The lowest BCUT2D eigenvalue weighted by molar-refractivity contribution is -0.141. The minimum Gasteiger partial charge on any atom is -0.488 e. The van der Waals surface area contributed by atoms with Gasteiger partial charge in [-0.15, -0.1) is 0 Å². The molecule has 0 saturated carbocycles. The van der Waals surface area contributed by atoms with Crippen LogP contribution in [0.4, 0.5) is 0 Å². The van der Waals surface area contributed by atoms with Crippen LogP contribution in [0.3, 0.4) is 0 Å². The first kappa shape index (κ1) is 18.5. The molecule has 0 radical (unpaired) electrons. The third-order valence-corrected chi connectivity index (χ3v) is 5.20. The number of aromatic nitrogens is 1. The second-order valence-electron chi connectivity index (χ2n) is 7.87. The van der Waals surface area contributed by atoms with E-state index in [-0.39, 0.29) is 11.6 Å². The first-order valence-electron chi connectivity index (χ1n) is 9.75. The second kappa shape index (κ2) is 7.30. The number of hydrogen-bond acceptors (Lipinski definition) is 5. The summed E-state index contributed by atoms with van der Waals surface area (Å²) in [5, 5.41) is 1.14. The molecule has 146 valence electrons. The Hall–Kier alpha value is -2.82. The number of aryl methyl sites for hydroxylation is 2. The van der Waals surface area contributed by atoms with Crippen LogP contribution in [0.5, 0.6) is 5.75 Å². The SMILES string of the molecule is CC(=O)OCCCc1c(-c2ccncc2)oc2ccc3c(c12)CCC(C)(C)O3. The van der Waals surface area contributed by atoms with Gasteiger partial charge in [0, 0.05) is 41.4 Å². The van der Waals surface area contributed by atoms with E-state index in [9.17, 15) is 4.79 Å². The molecule has 0 aliphatic carbocycles. The van der Waals surface area contributed by atoms with Gasteiger partial charge in [0.05, 0.1) is 6.61 Å². The van der Waals surface area contributed by atoms with Crippen molar-refractivity contribution in [1.29, 1.82) is 0 Å². The van der Waals surface area contributed by atoms with Gasteiger partial charge in [0.25, 0.3) is 0 Å². The first-order valence-corrected chi connectivity index (χ1v) is 9.75. The van der Waals surface area contributed by atoms with Crippen molar-refractivity contribution in [3.8, 4) is 17.1 Å². The van der Waals surface area contributed by atoms with E-state index in [1.807, 2.05) is 24.3 Å². The van der Waals surface area contributed by atoms with Crippen molar-refractivity contribution in [2.75, 3.05) is 6.61 Å². The van der Waals surface area contributed by atoms with Crippen molar-refractivity contribution in [3.63, 3.8) is 0 Å². The molecule has 1 aromatic carbocycles. The molecule has 1 aliphatic rings. The maximum Gasteiger partial charge on any atom is 0.302 e. The first-order chi connectivity index (χ1) is 13.4. The van der Waals surface area contributed by atoms with Gasteiger partial charge < -0.3 is 13.9 Å². The number of ether oxygens (including phenoxy) is 2. The molecule has 5 heteroatoms. The fraction of sp³-hybridized carbons (Fsp3) is 0.391. The van der Waals surface area contributed by atoms with Gasteiger partial charge in [0.15, 0.2) is 0 Å². The van der Waals surface area contributed by atoms with Gasteiger partial charge in [-0.1, -0.05) is 0 Å². The highest BCUT2D eigenvalue weighted by Crippen LogP contribution is 2.43. The predicted molar refractivity (Wildman–Crippen MR) is 107 cm³/mol. The molecule has 0 N–H and O–H groups in total. The van der Waals surface area contributed by atoms with Gasteiger partial charge in [-0.25, -0.2) is 0 Å². The van der Waals surface area contributed by atoms with E-state index in [4.69, 9.17) is 13.9 Å². The normalized spacial score (nSPS) is 15.1. The van der Waals surface area contributed by atoms with E-state index in [1.54, 1.807) is 12.4 Å². The van der Waals surface area contributed by atoms with Gasteiger partial charge >= 0.3 is 5.97 Å². The van der Waals surface area contributed by atoms with Crippen LogP contribution in [0.15, 0.2) is 41.1 Å². The number of esters is 1. The van der Waals surface area contributed by atoms with Crippen molar-refractivity contribution in [3.05, 3.63) is 47.8 Å². The highest BCUT2D eigenvalue weighted by Gasteiger charge is 2.30. The summed E-state index contributed by atoms with van der Waals surface area (Å²) in [6.07, 6.45) is 6.95. The van der Waals surface area contributed by atoms with Crippen LogP contribution in [0, 0.1) is 0 Å². The van der Waals surface area contributed by atoms with Crippen LogP contribution in [-0.4, -0.2) is 23.2 Å². The molecule has 1 aliphatic heterocycles. The lowest BCUT2D eigenvalue weighted by Gasteiger charge is -2.32. The Kier molecular flexibility index (Phi) is 4.84. The summed E-state index contributed by atoms with van der Waals surface area (Å²) in [5.74, 6) is 1.55. The van der Waals surface area contributed by atoms with Gasteiger partial charge in [-0.05, 0) is 63.8 Å². The van der Waals surface area contributed by atoms with E-state index in [0.29, 0.717) is 6.61 Å². The third kappa shape index (κ3) is 3.61. The molecule has 0 bridgehead atoms. The van der Waals surface area contributed by atoms with Crippen molar-refractivity contribution >= 4 is 16.9 Å². The molecule has 0 amide bonds. The molecule has 5 nitrogen and oxygen atoms in total. The van der Waals surface area contributed by atoms with Gasteiger partial charge in [0.1, 0.15) is 22.7 Å². The van der Waals surface area contributed by atoms with E-state index < -0.39 is 0 Å². The molecule has 28 heavy (non-hydrogen) atoms. The summed E-state index contributed by atoms with van der Waals surface area (Å²) >= 11 is 0. The Morgan fingerprint density at radius 3 is 2.75 bits per heavy atom. The zero-order valence-corrected chi connectivity index (χ0v) is 16.6. The average Bonchev–Trinajstić information content (AvgIpc) is 3.03. The number of furan rings is 1. The van der Waals surface area contributed by atoms with Crippen LogP contribution in [0.2, 0.25) is 0 Å². The Morgan fingerprint density at radius 1 is 1.21 bits per heavy atom. The topological polar surface area (TPSA) is 61.6 Å². The van der Waals surface area contributed by atoms with E-state index in [1.165, 1.54) is 12.5 Å². The van der Waals surface area contributed by atoms with Crippen molar-refractivity contribution in [2.24, 2.45) is 0 Å². The summed E-state index contributed by atoms with van der Waals surface area (Å²) in [6, 6.07) is 7.93. The molecule has 0 saturated heterocycles. The average molecular weight is 379 g/mol. The minimum atomic E-state index is -0.251. The van der Waals surface area contributed by atoms with Crippen LogP contribution in [0.25, 0.3) is 22.3 Å². The number of carbonyl (C=O) groups is 1. The molecule has 0 atom stereocenters. The van der Waals surface area contributed by atoms with Crippen molar-refractivity contribution in [2.45, 2.75) is 52.1 Å². The predicted octanol–water partition coefficient (Wildman–Crippen LogP) is 5.09. The number of fused-ring (bicyclic) bond motifs is 3. The summed E-state index contributed by atoms with van der Waals surface area (Å²) < 4.78 is 17.7. The molecule has 3 aromatic rings. The number of hydrogen-bond donors (Lipinski definition) is 0. The van der Waals surface area contributed by atoms with Crippen LogP contribution in [-0.2, 0) is 22.4 Å². The molecule has 0 spiro atoms. The molecular formula is C23H25NO4. The van der Waals surface area contributed by atoms with Crippen molar-refractivity contribution < 1.29 is 18.7 Å². The van der Waals surface area contributed by atoms with Gasteiger partial charge in [-0.3, -0.25) is 9.78 Å². The Bertz CT molecular complexity index is 1000. The Morgan fingerprint density at radius 2 is 2.00 bits per heavy atom. The Labute approximate surface area is 164 Å². The van der Waals surface area contributed by atoms with Crippen LogP contribution in [0.1, 0.15) is 44.7 Å². The maximum atomic E-state index is 11.1. The quantitative estimate of drug-likeness (QED) is 0.456. The maximum absolute atomic E-state index is 11.1. The number of rotatable bonds is 5. The van der Waals surface area contributed by atoms with Crippen LogP contribution >= 0.6 is 0 Å². The summed E-state index contributed by atoms with van der Waals surface area (Å²) in [6.45, 7) is 6.08. The zero-order valence-electron chi connectivity index (χ0n) is 16.6. The summed E-state index contributed by atoms with van der Waals surface area (Å²) in [5.41, 5.74) is 4.07. The van der Waals surface area contributed by atoms with Gasteiger partial charge in [0.2, 0.25) is 0 Å².